The Hall–Kier alpha value is -2.16. The number of carbonyl (C=O) groups excluding carboxylic acids is 1. The molecule has 1 unspecified atom stereocenters. The molecule has 1 aromatic heterocycles. The molecule has 0 bridgehead atoms. The second-order valence-electron chi connectivity index (χ2n) is 3.78. The molecule has 0 saturated heterocycles. The summed E-state index contributed by atoms with van der Waals surface area (Å²) in [6.45, 7) is 7.02. The molecule has 6 nitrogen and oxygen atoms in total. The number of anilines is 1. The smallest absolute Gasteiger partial charge is 0.244 e. The van der Waals surface area contributed by atoms with Gasteiger partial charge in [0.05, 0.1) is 12.4 Å². The number of rotatable bonds is 5. The molecule has 0 aliphatic carbocycles. The van der Waals surface area contributed by atoms with Crippen molar-refractivity contribution in [1.29, 1.82) is 5.26 Å². The third kappa shape index (κ3) is 3.42. The first-order valence-electron chi connectivity index (χ1n) is 5.89. The van der Waals surface area contributed by atoms with Crippen molar-refractivity contribution in [3.8, 4) is 6.07 Å². The van der Waals surface area contributed by atoms with Gasteiger partial charge in [0, 0.05) is 13.1 Å². The normalized spacial score (nSPS) is 11.4. The fourth-order valence-electron chi connectivity index (χ4n) is 1.55. The molecule has 1 rings (SSSR count). The maximum Gasteiger partial charge on any atom is 0.244 e. The largest absolute Gasteiger partial charge is 0.357 e. The minimum atomic E-state index is -0.368. The lowest BCUT2D eigenvalue weighted by Gasteiger charge is -2.23. The highest BCUT2D eigenvalue weighted by atomic mass is 16.2. The zero-order chi connectivity index (χ0) is 13.5. The van der Waals surface area contributed by atoms with E-state index in [1.807, 2.05) is 19.9 Å². The van der Waals surface area contributed by atoms with E-state index in [4.69, 9.17) is 5.26 Å². The summed E-state index contributed by atoms with van der Waals surface area (Å²) in [6, 6.07) is 1.52. The van der Waals surface area contributed by atoms with Crippen LogP contribution >= 0.6 is 0 Å². The van der Waals surface area contributed by atoms with Crippen molar-refractivity contribution in [3.63, 3.8) is 0 Å². The van der Waals surface area contributed by atoms with Gasteiger partial charge in [-0.2, -0.15) is 5.26 Å². The van der Waals surface area contributed by atoms with Gasteiger partial charge in [0.25, 0.3) is 0 Å². The van der Waals surface area contributed by atoms with Crippen LogP contribution < -0.4 is 5.32 Å². The highest BCUT2D eigenvalue weighted by Gasteiger charge is 2.18. The number of hydrogen-bond acceptors (Lipinski definition) is 5. The van der Waals surface area contributed by atoms with Crippen molar-refractivity contribution in [2.24, 2.45) is 0 Å². The molecule has 0 fully saturated rings. The van der Waals surface area contributed by atoms with Crippen molar-refractivity contribution in [1.82, 2.24) is 14.9 Å². The van der Waals surface area contributed by atoms with Gasteiger partial charge < -0.3 is 10.2 Å². The van der Waals surface area contributed by atoms with Crippen LogP contribution in [0.2, 0.25) is 0 Å². The Balaban J connectivity index is 2.66. The van der Waals surface area contributed by atoms with Crippen LogP contribution in [-0.2, 0) is 4.79 Å². The molecule has 1 amide bonds. The van der Waals surface area contributed by atoms with Crippen LogP contribution in [0.15, 0.2) is 12.4 Å². The van der Waals surface area contributed by atoms with E-state index in [0.717, 1.165) is 0 Å². The van der Waals surface area contributed by atoms with Gasteiger partial charge in [-0.3, -0.25) is 4.79 Å². The van der Waals surface area contributed by atoms with Crippen molar-refractivity contribution >= 4 is 11.7 Å². The lowest BCUT2D eigenvalue weighted by molar-refractivity contribution is -0.131. The fourth-order valence-corrected chi connectivity index (χ4v) is 1.55. The molecule has 1 aromatic rings. The molecular weight excluding hydrogens is 230 g/mol. The molecule has 1 heterocycles. The first kappa shape index (κ1) is 13.9. The fraction of sp³-hybridized carbons (Fsp3) is 0.500. The topological polar surface area (TPSA) is 81.9 Å². The summed E-state index contributed by atoms with van der Waals surface area (Å²) in [7, 11) is 0. The second kappa shape index (κ2) is 6.55. The Morgan fingerprint density at radius 3 is 2.56 bits per heavy atom. The van der Waals surface area contributed by atoms with Crippen molar-refractivity contribution < 1.29 is 4.79 Å². The summed E-state index contributed by atoms with van der Waals surface area (Å²) in [5.74, 6) is 0.508. The Morgan fingerprint density at radius 1 is 1.44 bits per heavy atom. The van der Waals surface area contributed by atoms with Crippen LogP contribution in [-0.4, -0.2) is 39.9 Å². The molecule has 1 atom stereocenters. The predicted molar refractivity (Wildman–Crippen MR) is 67.8 cm³/mol. The SMILES string of the molecule is CCN(CC)C(=O)C(C)Nc1cnc(C#N)cn1. The van der Waals surface area contributed by atoms with Crippen LogP contribution in [0.3, 0.4) is 0 Å². The monoisotopic (exact) mass is 247 g/mol. The number of hydrogen-bond donors (Lipinski definition) is 1. The summed E-state index contributed by atoms with van der Waals surface area (Å²) in [5, 5.41) is 11.6. The van der Waals surface area contributed by atoms with Gasteiger partial charge in [-0.15, -0.1) is 0 Å². The summed E-state index contributed by atoms with van der Waals surface area (Å²) < 4.78 is 0. The van der Waals surface area contributed by atoms with Gasteiger partial charge in [0.15, 0.2) is 5.69 Å². The molecule has 0 spiro atoms. The lowest BCUT2D eigenvalue weighted by Crippen LogP contribution is -2.41. The highest BCUT2D eigenvalue weighted by Crippen LogP contribution is 2.05. The van der Waals surface area contributed by atoms with Gasteiger partial charge in [-0.05, 0) is 20.8 Å². The third-order valence-electron chi connectivity index (χ3n) is 2.58. The van der Waals surface area contributed by atoms with E-state index in [2.05, 4.69) is 15.3 Å². The highest BCUT2D eigenvalue weighted by molar-refractivity contribution is 5.83. The number of nitrogens with zero attached hydrogens (tertiary/aromatic N) is 4. The van der Waals surface area contributed by atoms with Gasteiger partial charge in [-0.25, -0.2) is 9.97 Å². The lowest BCUT2D eigenvalue weighted by atomic mass is 10.3. The van der Waals surface area contributed by atoms with E-state index in [1.54, 1.807) is 11.8 Å². The average Bonchev–Trinajstić information content (AvgIpc) is 2.40. The van der Waals surface area contributed by atoms with E-state index in [9.17, 15) is 4.79 Å². The van der Waals surface area contributed by atoms with E-state index < -0.39 is 0 Å². The maximum atomic E-state index is 12.0. The molecular formula is C12H17N5O. The average molecular weight is 247 g/mol. The maximum absolute atomic E-state index is 12.0. The number of aromatic nitrogens is 2. The Labute approximate surface area is 107 Å². The molecule has 0 aliphatic rings. The summed E-state index contributed by atoms with van der Waals surface area (Å²) in [6.07, 6.45) is 2.82. The van der Waals surface area contributed by atoms with E-state index in [-0.39, 0.29) is 17.6 Å². The molecule has 0 saturated carbocycles. The zero-order valence-electron chi connectivity index (χ0n) is 10.8. The summed E-state index contributed by atoms with van der Waals surface area (Å²) >= 11 is 0. The van der Waals surface area contributed by atoms with E-state index >= 15 is 0 Å². The van der Waals surface area contributed by atoms with Crippen LogP contribution in [0, 0.1) is 11.3 Å². The van der Waals surface area contributed by atoms with Crippen LogP contribution in [0.25, 0.3) is 0 Å². The molecule has 0 aliphatic heterocycles. The van der Waals surface area contributed by atoms with Gasteiger partial charge in [-0.1, -0.05) is 0 Å². The summed E-state index contributed by atoms with van der Waals surface area (Å²) in [4.78, 5) is 21.6. The van der Waals surface area contributed by atoms with E-state index in [0.29, 0.717) is 18.9 Å². The quantitative estimate of drug-likeness (QED) is 0.840. The van der Waals surface area contributed by atoms with Gasteiger partial charge in [0.1, 0.15) is 17.9 Å². The second-order valence-corrected chi connectivity index (χ2v) is 3.78. The predicted octanol–water partition coefficient (Wildman–Crippen LogP) is 1.02. The molecule has 18 heavy (non-hydrogen) atoms. The van der Waals surface area contributed by atoms with E-state index in [1.165, 1.54) is 12.4 Å². The van der Waals surface area contributed by atoms with Crippen LogP contribution in [0.4, 0.5) is 5.82 Å². The Kier molecular flexibility index (Phi) is 5.06. The number of likely N-dealkylation sites (N-methyl/N-ethyl adjacent to an activating group) is 1. The minimum absolute atomic E-state index is 0.0196. The molecule has 1 N–H and O–H groups in total. The Bertz CT molecular complexity index is 433. The summed E-state index contributed by atoms with van der Waals surface area (Å²) in [5.41, 5.74) is 0.253. The Morgan fingerprint density at radius 2 is 2.11 bits per heavy atom. The number of amides is 1. The molecule has 96 valence electrons. The number of nitriles is 1. The first-order chi connectivity index (χ1) is 8.62. The third-order valence-corrected chi connectivity index (χ3v) is 2.58. The first-order valence-corrected chi connectivity index (χ1v) is 5.89. The zero-order valence-corrected chi connectivity index (χ0v) is 10.8. The van der Waals surface area contributed by atoms with Gasteiger partial charge in [0.2, 0.25) is 5.91 Å². The van der Waals surface area contributed by atoms with Crippen LogP contribution in [0.1, 0.15) is 26.5 Å². The van der Waals surface area contributed by atoms with Crippen molar-refractivity contribution in [2.45, 2.75) is 26.8 Å². The number of nitrogens with one attached hydrogen (secondary N) is 1. The molecule has 0 radical (unpaired) electrons. The molecule has 0 aromatic carbocycles. The molecule has 6 heteroatoms. The van der Waals surface area contributed by atoms with Crippen molar-refractivity contribution in [2.75, 3.05) is 18.4 Å². The minimum Gasteiger partial charge on any atom is -0.357 e. The number of carbonyl (C=O) groups is 1. The van der Waals surface area contributed by atoms with Crippen LogP contribution in [0.5, 0.6) is 0 Å². The standard InChI is InChI=1S/C12H17N5O/c1-4-17(5-2)12(18)9(3)16-11-8-14-10(6-13)7-15-11/h7-9H,4-5H2,1-3H3,(H,15,16). The van der Waals surface area contributed by atoms with Crippen molar-refractivity contribution in [3.05, 3.63) is 18.1 Å². The van der Waals surface area contributed by atoms with Gasteiger partial charge >= 0.3 is 0 Å².